The molecule has 96 valence electrons. The number of imidazole rings is 1. The molecule has 1 aliphatic carbocycles. The highest BCUT2D eigenvalue weighted by Crippen LogP contribution is 2.37. The summed E-state index contributed by atoms with van der Waals surface area (Å²) in [5, 5.41) is 6.46. The molecule has 0 amide bonds. The number of aromatic amines is 1. The number of fused-ring (bicyclic) bond motifs is 1. The van der Waals surface area contributed by atoms with E-state index >= 15 is 0 Å². The highest BCUT2D eigenvalue weighted by atomic mass is 15.2. The number of aromatic nitrogens is 4. The van der Waals surface area contributed by atoms with Gasteiger partial charge in [0.2, 0.25) is 5.95 Å². The van der Waals surface area contributed by atoms with Crippen molar-refractivity contribution in [1.82, 2.24) is 19.9 Å². The molecule has 1 fully saturated rings. The average molecular weight is 246 g/mol. The van der Waals surface area contributed by atoms with Crippen LogP contribution in [0.5, 0.6) is 0 Å². The summed E-state index contributed by atoms with van der Waals surface area (Å²) >= 11 is 0. The number of hydrogen-bond acceptors (Lipinski definition) is 5. The van der Waals surface area contributed by atoms with Crippen molar-refractivity contribution in [3.8, 4) is 0 Å². The number of H-pyrrole nitrogens is 1. The van der Waals surface area contributed by atoms with Gasteiger partial charge in [-0.25, -0.2) is 4.98 Å². The maximum absolute atomic E-state index is 4.46. The molecule has 3 N–H and O–H groups in total. The van der Waals surface area contributed by atoms with Gasteiger partial charge in [-0.1, -0.05) is 13.3 Å². The lowest BCUT2D eigenvalue weighted by Crippen LogP contribution is -2.09. The molecule has 18 heavy (non-hydrogen) atoms. The molecule has 1 saturated carbocycles. The van der Waals surface area contributed by atoms with Gasteiger partial charge in [-0.2, -0.15) is 9.97 Å². The normalized spacial score (nSPS) is 22.1. The van der Waals surface area contributed by atoms with Crippen LogP contribution in [0, 0.1) is 5.92 Å². The van der Waals surface area contributed by atoms with Gasteiger partial charge in [0.25, 0.3) is 0 Å². The molecule has 0 spiro atoms. The Bertz CT molecular complexity index is 548. The van der Waals surface area contributed by atoms with Crippen LogP contribution in [-0.2, 0) is 0 Å². The minimum absolute atomic E-state index is 0.552. The molecule has 2 heterocycles. The van der Waals surface area contributed by atoms with Crippen LogP contribution in [0.3, 0.4) is 0 Å². The van der Waals surface area contributed by atoms with Crippen LogP contribution in [0.2, 0.25) is 0 Å². The average Bonchev–Trinajstić information content (AvgIpc) is 2.92. The van der Waals surface area contributed by atoms with Crippen LogP contribution in [0.15, 0.2) is 6.33 Å². The number of nitrogens with zero attached hydrogens (tertiary/aromatic N) is 3. The van der Waals surface area contributed by atoms with E-state index in [-0.39, 0.29) is 0 Å². The Kier molecular flexibility index (Phi) is 2.77. The van der Waals surface area contributed by atoms with E-state index in [0.717, 1.165) is 17.3 Å². The summed E-state index contributed by atoms with van der Waals surface area (Å²) in [4.78, 5) is 16.0. The Morgan fingerprint density at radius 3 is 3.11 bits per heavy atom. The maximum atomic E-state index is 4.46. The van der Waals surface area contributed by atoms with Gasteiger partial charge < -0.3 is 15.6 Å². The SMILES string of the molecule is CCCC1CC1Nc1nc(NC)nc2nc[nH]c12. The summed E-state index contributed by atoms with van der Waals surface area (Å²) in [6, 6.07) is 0.552. The van der Waals surface area contributed by atoms with E-state index in [1.807, 2.05) is 7.05 Å². The van der Waals surface area contributed by atoms with E-state index < -0.39 is 0 Å². The zero-order valence-corrected chi connectivity index (χ0v) is 10.7. The van der Waals surface area contributed by atoms with Crippen LogP contribution in [0.4, 0.5) is 11.8 Å². The van der Waals surface area contributed by atoms with Crippen molar-refractivity contribution >= 4 is 22.9 Å². The number of hydrogen-bond donors (Lipinski definition) is 3. The Balaban J connectivity index is 1.84. The van der Waals surface area contributed by atoms with Gasteiger partial charge in [-0.15, -0.1) is 0 Å². The highest BCUT2D eigenvalue weighted by Gasteiger charge is 2.36. The zero-order valence-electron chi connectivity index (χ0n) is 10.7. The molecule has 2 atom stereocenters. The Morgan fingerprint density at radius 1 is 1.44 bits per heavy atom. The smallest absolute Gasteiger partial charge is 0.226 e. The second kappa shape index (κ2) is 4.44. The van der Waals surface area contributed by atoms with Crippen LogP contribution in [-0.4, -0.2) is 33.0 Å². The van der Waals surface area contributed by atoms with Crippen LogP contribution < -0.4 is 10.6 Å². The number of anilines is 2. The van der Waals surface area contributed by atoms with E-state index in [4.69, 9.17) is 0 Å². The minimum atomic E-state index is 0.552. The fourth-order valence-corrected chi connectivity index (χ4v) is 2.34. The van der Waals surface area contributed by atoms with Gasteiger partial charge in [0, 0.05) is 13.1 Å². The molecule has 2 unspecified atom stereocenters. The Labute approximate surface area is 106 Å². The fraction of sp³-hybridized carbons (Fsp3) is 0.583. The fourth-order valence-electron chi connectivity index (χ4n) is 2.34. The summed E-state index contributed by atoms with van der Waals surface area (Å²) in [6.07, 6.45) is 5.42. The molecule has 0 aromatic carbocycles. The third kappa shape index (κ3) is 1.98. The van der Waals surface area contributed by atoms with Gasteiger partial charge in [-0.05, 0) is 18.8 Å². The summed E-state index contributed by atoms with van der Waals surface area (Å²) in [5.74, 6) is 2.25. The monoisotopic (exact) mass is 246 g/mol. The van der Waals surface area contributed by atoms with Gasteiger partial charge >= 0.3 is 0 Å². The van der Waals surface area contributed by atoms with Crippen LogP contribution >= 0.6 is 0 Å². The van der Waals surface area contributed by atoms with Gasteiger partial charge in [0.15, 0.2) is 11.5 Å². The number of nitrogens with one attached hydrogen (secondary N) is 3. The van der Waals surface area contributed by atoms with Crippen molar-refractivity contribution in [2.24, 2.45) is 5.92 Å². The van der Waals surface area contributed by atoms with E-state index in [1.165, 1.54) is 19.3 Å². The van der Waals surface area contributed by atoms with Crippen molar-refractivity contribution < 1.29 is 0 Å². The van der Waals surface area contributed by atoms with Crippen LogP contribution in [0.1, 0.15) is 26.2 Å². The maximum Gasteiger partial charge on any atom is 0.226 e. The van der Waals surface area contributed by atoms with E-state index in [2.05, 4.69) is 37.5 Å². The molecule has 2 aromatic rings. The minimum Gasteiger partial charge on any atom is -0.365 e. The third-order valence-corrected chi connectivity index (χ3v) is 3.41. The van der Waals surface area contributed by atoms with Gasteiger partial charge in [-0.3, -0.25) is 0 Å². The van der Waals surface area contributed by atoms with E-state index in [0.29, 0.717) is 17.6 Å². The second-order valence-electron chi connectivity index (χ2n) is 4.78. The topological polar surface area (TPSA) is 78.5 Å². The first-order chi connectivity index (χ1) is 8.81. The zero-order chi connectivity index (χ0) is 12.5. The quantitative estimate of drug-likeness (QED) is 0.752. The molecule has 3 rings (SSSR count). The van der Waals surface area contributed by atoms with Crippen molar-refractivity contribution in [3.63, 3.8) is 0 Å². The van der Waals surface area contributed by atoms with Crippen molar-refractivity contribution in [2.75, 3.05) is 17.7 Å². The third-order valence-electron chi connectivity index (χ3n) is 3.41. The highest BCUT2D eigenvalue weighted by molar-refractivity contribution is 5.83. The largest absolute Gasteiger partial charge is 0.365 e. The molecular weight excluding hydrogens is 228 g/mol. The molecule has 0 radical (unpaired) electrons. The summed E-state index contributed by atoms with van der Waals surface area (Å²) in [6.45, 7) is 2.23. The molecule has 2 aromatic heterocycles. The van der Waals surface area contributed by atoms with Gasteiger partial charge in [0.1, 0.15) is 5.52 Å². The summed E-state index contributed by atoms with van der Waals surface area (Å²) in [7, 11) is 1.81. The predicted octanol–water partition coefficient (Wildman–Crippen LogP) is 2.00. The molecule has 6 heteroatoms. The summed E-state index contributed by atoms with van der Waals surface area (Å²) in [5.41, 5.74) is 1.58. The standard InChI is InChI=1S/C12H18N6/c1-3-4-7-5-8(7)16-11-9-10(15-6-14-9)17-12(13-2)18-11/h6-8H,3-5H2,1-2H3,(H3,13,14,15,16,17,18). The first-order valence-electron chi connectivity index (χ1n) is 6.47. The molecule has 6 nitrogen and oxygen atoms in total. The first kappa shape index (κ1) is 11.3. The Hall–Kier alpha value is -1.85. The first-order valence-corrected chi connectivity index (χ1v) is 6.47. The van der Waals surface area contributed by atoms with Gasteiger partial charge in [0.05, 0.1) is 6.33 Å². The molecule has 0 aliphatic heterocycles. The molecule has 0 saturated heterocycles. The van der Waals surface area contributed by atoms with Crippen molar-refractivity contribution in [3.05, 3.63) is 6.33 Å². The Morgan fingerprint density at radius 2 is 2.33 bits per heavy atom. The predicted molar refractivity (Wildman–Crippen MR) is 71.7 cm³/mol. The molecular formula is C12H18N6. The second-order valence-corrected chi connectivity index (χ2v) is 4.78. The lowest BCUT2D eigenvalue weighted by atomic mass is 10.2. The number of rotatable bonds is 5. The van der Waals surface area contributed by atoms with Crippen molar-refractivity contribution in [2.45, 2.75) is 32.2 Å². The lowest BCUT2D eigenvalue weighted by molar-refractivity contribution is 0.692. The van der Waals surface area contributed by atoms with Crippen LogP contribution in [0.25, 0.3) is 11.2 Å². The lowest BCUT2D eigenvalue weighted by Gasteiger charge is -2.07. The molecule has 0 bridgehead atoms. The molecule has 1 aliphatic rings. The van der Waals surface area contributed by atoms with E-state index in [9.17, 15) is 0 Å². The van der Waals surface area contributed by atoms with Crippen molar-refractivity contribution in [1.29, 1.82) is 0 Å². The summed E-state index contributed by atoms with van der Waals surface area (Å²) < 4.78 is 0. The van der Waals surface area contributed by atoms with E-state index in [1.54, 1.807) is 6.33 Å².